The average molecular weight is 374 g/mol. The number of carbonyl (C=O) groups is 1. The second-order valence-electron chi connectivity index (χ2n) is 7.14. The summed E-state index contributed by atoms with van der Waals surface area (Å²) in [4.78, 5) is 12.3. The maximum Gasteiger partial charge on any atom is 0.269 e. The topological polar surface area (TPSA) is 53.2 Å². The Morgan fingerprint density at radius 2 is 1.39 bits per heavy atom. The van der Waals surface area contributed by atoms with E-state index in [-0.39, 0.29) is 5.91 Å². The van der Waals surface area contributed by atoms with Gasteiger partial charge in [0, 0.05) is 18.7 Å². The molecule has 3 aromatic carbocycles. The molecule has 0 saturated heterocycles. The number of hydrazine groups is 1. The van der Waals surface area contributed by atoms with Gasteiger partial charge < -0.3 is 5.32 Å². The Hall–Kier alpha value is -3.11. The van der Waals surface area contributed by atoms with Gasteiger partial charge in [0.25, 0.3) is 5.91 Å². The number of nitrogens with one attached hydrogen (secondary N) is 3. The van der Waals surface area contributed by atoms with Crippen molar-refractivity contribution < 1.29 is 4.79 Å². The average Bonchev–Trinajstić information content (AvgIpc) is 2.73. The number of hydrogen-bond acceptors (Lipinski definition) is 3. The van der Waals surface area contributed by atoms with Gasteiger partial charge in [-0.15, -0.1) is 0 Å². The van der Waals surface area contributed by atoms with Crippen LogP contribution >= 0.6 is 0 Å². The first-order valence-corrected chi connectivity index (χ1v) is 9.62. The van der Waals surface area contributed by atoms with Crippen molar-refractivity contribution in [3.63, 3.8) is 0 Å². The third kappa shape index (κ3) is 5.69. The highest BCUT2D eigenvalue weighted by molar-refractivity contribution is 5.94. The quantitative estimate of drug-likeness (QED) is 0.495. The Morgan fingerprint density at radius 1 is 0.786 bits per heavy atom. The van der Waals surface area contributed by atoms with Gasteiger partial charge in [-0.2, -0.15) is 0 Å². The first kappa shape index (κ1) is 19.6. The molecule has 0 heterocycles. The Balaban J connectivity index is 1.46. The summed E-state index contributed by atoms with van der Waals surface area (Å²) in [6.45, 7) is 5.90. The summed E-state index contributed by atoms with van der Waals surface area (Å²) < 4.78 is 0. The molecule has 0 aliphatic carbocycles. The maximum absolute atomic E-state index is 12.3. The van der Waals surface area contributed by atoms with Gasteiger partial charge in [-0.1, -0.05) is 68.4 Å². The van der Waals surface area contributed by atoms with Crippen LogP contribution in [0, 0.1) is 0 Å². The first-order chi connectivity index (χ1) is 13.6. The van der Waals surface area contributed by atoms with Crippen molar-refractivity contribution in [1.82, 2.24) is 10.7 Å². The van der Waals surface area contributed by atoms with Gasteiger partial charge in [-0.25, -0.2) is 0 Å². The van der Waals surface area contributed by atoms with Gasteiger partial charge >= 0.3 is 0 Å². The summed E-state index contributed by atoms with van der Waals surface area (Å²) in [7, 11) is 0. The van der Waals surface area contributed by atoms with Gasteiger partial charge in [-0.05, 0) is 46.9 Å². The van der Waals surface area contributed by atoms with Crippen LogP contribution in [0.4, 0.5) is 5.69 Å². The van der Waals surface area contributed by atoms with Crippen molar-refractivity contribution in [3.8, 4) is 0 Å². The van der Waals surface area contributed by atoms with Crippen LogP contribution in [0.25, 0.3) is 0 Å². The van der Waals surface area contributed by atoms with Crippen molar-refractivity contribution in [2.24, 2.45) is 0 Å². The summed E-state index contributed by atoms with van der Waals surface area (Å²) in [6, 6.07) is 26.0. The van der Waals surface area contributed by atoms with E-state index >= 15 is 0 Å². The fraction of sp³-hybridized carbons (Fsp3) is 0.208. The molecule has 0 aromatic heterocycles. The Labute approximate surface area is 167 Å². The highest BCUT2D eigenvalue weighted by atomic mass is 16.2. The van der Waals surface area contributed by atoms with Gasteiger partial charge in [0.1, 0.15) is 0 Å². The molecule has 0 unspecified atom stereocenters. The monoisotopic (exact) mass is 373 g/mol. The predicted molar refractivity (Wildman–Crippen MR) is 115 cm³/mol. The van der Waals surface area contributed by atoms with Gasteiger partial charge in [-0.3, -0.25) is 15.6 Å². The minimum absolute atomic E-state index is 0.156. The zero-order valence-corrected chi connectivity index (χ0v) is 16.4. The zero-order chi connectivity index (χ0) is 19.8. The number of benzene rings is 3. The van der Waals surface area contributed by atoms with Crippen molar-refractivity contribution in [3.05, 3.63) is 101 Å². The van der Waals surface area contributed by atoms with E-state index in [4.69, 9.17) is 0 Å². The standard InChI is InChI=1S/C24H27N3O/c1-18(2)21-12-14-23(15-13-21)26-27-24(28)22-10-8-20(9-11-22)17-25-16-19-6-4-3-5-7-19/h3-15,18,25-26H,16-17H2,1-2H3,(H,27,28). The lowest BCUT2D eigenvalue weighted by Gasteiger charge is -2.11. The van der Waals surface area contributed by atoms with Crippen molar-refractivity contribution in [2.75, 3.05) is 5.43 Å². The van der Waals surface area contributed by atoms with Gasteiger partial charge in [0.05, 0.1) is 5.69 Å². The third-order valence-corrected chi connectivity index (χ3v) is 4.61. The van der Waals surface area contributed by atoms with E-state index in [0.29, 0.717) is 11.5 Å². The molecule has 0 atom stereocenters. The van der Waals surface area contributed by atoms with Crippen LogP contribution in [0.5, 0.6) is 0 Å². The Bertz CT molecular complexity index is 872. The first-order valence-electron chi connectivity index (χ1n) is 9.62. The lowest BCUT2D eigenvalue weighted by Crippen LogP contribution is -2.29. The molecule has 3 rings (SSSR count). The number of anilines is 1. The summed E-state index contributed by atoms with van der Waals surface area (Å²) in [5.41, 5.74) is 10.9. The van der Waals surface area contributed by atoms with Crippen molar-refractivity contribution in [2.45, 2.75) is 32.9 Å². The summed E-state index contributed by atoms with van der Waals surface area (Å²) in [5.74, 6) is 0.334. The normalized spacial score (nSPS) is 10.7. The second kappa shape index (κ2) is 9.72. The van der Waals surface area contributed by atoms with E-state index < -0.39 is 0 Å². The van der Waals surface area contributed by atoms with E-state index in [1.807, 2.05) is 54.6 Å². The van der Waals surface area contributed by atoms with Crippen LogP contribution in [-0.2, 0) is 13.1 Å². The Kier molecular flexibility index (Phi) is 6.82. The molecular formula is C24H27N3O. The van der Waals surface area contributed by atoms with E-state index in [2.05, 4.69) is 54.3 Å². The van der Waals surface area contributed by atoms with E-state index in [9.17, 15) is 4.79 Å². The lowest BCUT2D eigenvalue weighted by atomic mass is 10.0. The summed E-state index contributed by atoms with van der Waals surface area (Å²) >= 11 is 0. The second-order valence-corrected chi connectivity index (χ2v) is 7.14. The fourth-order valence-electron chi connectivity index (χ4n) is 2.87. The van der Waals surface area contributed by atoms with Crippen LogP contribution < -0.4 is 16.2 Å². The maximum atomic E-state index is 12.3. The van der Waals surface area contributed by atoms with E-state index in [1.165, 1.54) is 11.1 Å². The third-order valence-electron chi connectivity index (χ3n) is 4.61. The molecule has 0 aliphatic rings. The van der Waals surface area contributed by atoms with E-state index in [1.54, 1.807) is 0 Å². The molecule has 28 heavy (non-hydrogen) atoms. The molecule has 0 radical (unpaired) electrons. The van der Waals surface area contributed by atoms with Crippen molar-refractivity contribution >= 4 is 11.6 Å². The highest BCUT2D eigenvalue weighted by Gasteiger charge is 2.05. The molecular weight excluding hydrogens is 346 g/mol. The van der Waals surface area contributed by atoms with Crippen LogP contribution in [0.2, 0.25) is 0 Å². The molecule has 0 aliphatic heterocycles. The minimum Gasteiger partial charge on any atom is -0.309 e. The van der Waals surface area contributed by atoms with Gasteiger partial charge in [0.15, 0.2) is 0 Å². The molecule has 0 fully saturated rings. The van der Waals surface area contributed by atoms with E-state index in [0.717, 1.165) is 24.3 Å². The van der Waals surface area contributed by atoms with Gasteiger partial charge in [0.2, 0.25) is 0 Å². The number of rotatable bonds is 8. The van der Waals surface area contributed by atoms with Crippen molar-refractivity contribution in [1.29, 1.82) is 0 Å². The molecule has 0 bridgehead atoms. The molecule has 1 amide bonds. The lowest BCUT2D eigenvalue weighted by molar-refractivity contribution is 0.0962. The molecule has 0 spiro atoms. The van der Waals surface area contributed by atoms with Crippen LogP contribution in [0.3, 0.4) is 0 Å². The molecule has 4 heteroatoms. The van der Waals surface area contributed by atoms with Crippen LogP contribution in [0.15, 0.2) is 78.9 Å². The molecule has 0 saturated carbocycles. The van der Waals surface area contributed by atoms with Crippen LogP contribution in [-0.4, -0.2) is 5.91 Å². The summed E-state index contributed by atoms with van der Waals surface area (Å²) in [5, 5.41) is 3.41. The predicted octanol–water partition coefficient (Wildman–Crippen LogP) is 4.86. The number of hydrogen-bond donors (Lipinski definition) is 3. The highest BCUT2D eigenvalue weighted by Crippen LogP contribution is 2.16. The zero-order valence-electron chi connectivity index (χ0n) is 16.4. The largest absolute Gasteiger partial charge is 0.309 e. The minimum atomic E-state index is -0.156. The Morgan fingerprint density at radius 3 is 2.00 bits per heavy atom. The molecule has 3 N–H and O–H groups in total. The fourth-order valence-corrected chi connectivity index (χ4v) is 2.87. The molecule has 3 aromatic rings. The molecule has 4 nitrogen and oxygen atoms in total. The summed E-state index contributed by atoms with van der Waals surface area (Å²) in [6.07, 6.45) is 0. The smallest absolute Gasteiger partial charge is 0.269 e. The molecule has 144 valence electrons. The van der Waals surface area contributed by atoms with Crippen LogP contribution in [0.1, 0.15) is 46.8 Å². The SMILES string of the molecule is CC(C)c1ccc(NNC(=O)c2ccc(CNCc3ccccc3)cc2)cc1. The number of carbonyl (C=O) groups excluding carboxylic acids is 1. The number of amides is 1.